The number of hydrogen-bond donors (Lipinski definition) is 0. The molecule has 0 unspecified atom stereocenters. The van der Waals surface area contributed by atoms with Gasteiger partial charge in [0, 0.05) is 12.6 Å². The Morgan fingerprint density at radius 2 is 2.00 bits per heavy atom. The quantitative estimate of drug-likeness (QED) is 0.633. The molecule has 0 fully saturated rings. The lowest BCUT2D eigenvalue weighted by Crippen LogP contribution is -2.18. The number of rotatable bonds is 1. The molecule has 2 aromatic heterocycles. The predicted octanol–water partition coefficient (Wildman–Crippen LogP) is 1.59. The Morgan fingerprint density at radius 3 is 2.76 bits per heavy atom. The third kappa shape index (κ3) is 1.44. The average Bonchev–Trinajstić information content (AvgIpc) is 2.79. The molecule has 5 heteroatoms. The smallest absolute Gasteiger partial charge is 0.296 e. The van der Waals surface area contributed by atoms with Crippen molar-refractivity contribution in [2.45, 2.75) is 0 Å². The predicted molar refractivity (Wildman–Crippen MR) is 62.5 cm³/mol. The van der Waals surface area contributed by atoms with E-state index in [2.05, 4.69) is 10.3 Å². The number of benzene rings is 1. The maximum absolute atomic E-state index is 11.8. The fourth-order valence-corrected chi connectivity index (χ4v) is 1.72. The van der Waals surface area contributed by atoms with Crippen molar-refractivity contribution in [2.75, 3.05) is 0 Å². The van der Waals surface area contributed by atoms with Crippen molar-refractivity contribution >= 4 is 10.9 Å². The van der Waals surface area contributed by atoms with Crippen molar-refractivity contribution < 1.29 is 4.52 Å². The Morgan fingerprint density at radius 1 is 1.24 bits per heavy atom. The topological polar surface area (TPSA) is 60.9 Å². The highest BCUT2D eigenvalue weighted by atomic mass is 16.5. The van der Waals surface area contributed by atoms with Gasteiger partial charge >= 0.3 is 0 Å². The van der Waals surface area contributed by atoms with Crippen molar-refractivity contribution in [3.05, 3.63) is 46.9 Å². The second kappa shape index (κ2) is 3.55. The Bertz CT molecular complexity index is 728. The lowest BCUT2D eigenvalue weighted by atomic mass is 10.1. The molecule has 0 aliphatic rings. The molecule has 0 saturated heterocycles. The van der Waals surface area contributed by atoms with Crippen LogP contribution in [0.2, 0.25) is 0 Å². The summed E-state index contributed by atoms with van der Waals surface area (Å²) in [4.78, 5) is 11.8. The number of fused-ring (bicyclic) bond motifs is 1. The summed E-state index contributed by atoms with van der Waals surface area (Å²) in [7, 11) is 1.58. The zero-order valence-electron chi connectivity index (χ0n) is 9.12. The largest absolute Gasteiger partial charge is 0.355 e. The van der Waals surface area contributed by atoms with Gasteiger partial charge < -0.3 is 4.52 Å². The molecule has 0 amide bonds. The Kier molecular flexibility index (Phi) is 2.04. The maximum Gasteiger partial charge on any atom is 0.296 e. The van der Waals surface area contributed by atoms with E-state index in [9.17, 15) is 4.79 Å². The molecule has 0 bridgehead atoms. The summed E-state index contributed by atoms with van der Waals surface area (Å²) in [6.07, 6.45) is 1.59. The van der Waals surface area contributed by atoms with Crippen LogP contribution in [0.25, 0.3) is 22.2 Å². The molecule has 3 rings (SSSR count). The fourth-order valence-electron chi connectivity index (χ4n) is 1.72. The van der Waals surface area contributed by atoms with Gasteiger partial charge in [-0.1, -0.05) is 35.5 Å². The molecule has 84 valence electrons. The third-order valence-corrected chi connectivity index (χ3v) is 2.62. The van der Waals surface area contributed by atoms with Crippen LogP contribution in [-0.2, 0) is 7.05 Å². The van der Waals surface area contributed by atoms with Crippen LogP contribution in [0.4, 0.5) is 0 Å². The van der Waals surface area contributed by atoms with E-state index in [0.29, 0.717) is 16.7 Å². The summed E-state index contributed by atoms with van der Waals surface area (Å²) in [5.74, 6) is 0.575. The van der Waals surface area contributed by atoms with Crippen LogP contribution in [-0.4, -0.2) is 14.9 Å². The van der Waals surface area contributed by atoms with Gasteiger partial charge in [0.25, 0.3) is 5.56 Å². The molecule has 0 aliphatic heterocycles. The van der Waals surface area contributed by atoms with Gasteiger partial charge in [0.05, 0.1) is 11.6 Å². The summed E-state index contributed by atoms with van der Waals surface area (Å²) < 4.78 is 6.47. The first kappa shape index (κ1) is 9.77. The summed E-state index contributed by atoms with van der Waals surface area (Å²) in [6, 6.07) is 9.52. The van der Waals surface area contributed by atoms with E-state index >= 15 is 0 Å². The van der Waals surface area contributed by atoms with Gasteiger partial charge in [0.2, 0.25) is 0 Å². The molecular formula is C12H9N3O2. The standard InChI is InChI=1S/C12H9N3O2/c1-15-12(16)10-9(7-13-15)11(17-14-10)8-5-3-2-4-6-8/h2-7H,1H3. The first-order valence-corrected chi connectivity index (χ1v) is 5.14. The highest BCUT2D eigenvalue weighted by Gasteiger charge is 2.13. The van der Waals surface area contributed by atoms with E-state index < -0.39 is 0 Å². The molecule has 0 spiro atoms. The second-order valence-electron chi connectivity index (χ2n) is 3.71. The minimum absolute atomic E-state index is 0.256. The highest BCUT2D eigenvalue weighted by Crippen LogP contribution is 2.25. The van der Waals surface area contributed by atoms with Crippen molar-refractivity contribution in [1.29, 1.82) is 0 Å². The van der Waals surface area contributed by atoms with Crippen LogP contribution in [0.3, 0.4) is 0 Å². The maximum atomic E-state index is 11.8. The van der Waals surface area contributed by atoms with Gasteiger partial charge in [-0.3, -0.25) is 4.79 Å². The Labute approximate surface area is 96.3 Å². The van der Waals surface area contributed by atoms with Gasteiger partial charge in [-0.15, -0.1) is 0 Å². The van der Waals surface area contributed by atoms with Crippen molar-refractivity contribution in [1.82, 2.24) is 14.9 Å². The third-order valence-electron chi connectivity index (χ3n) is 2.62. The number of aromatic nitrogens is 3. The highest BCUT2D eigenvalue weighted by molar-refractivity contribution is 5.90. The number of nitrogens with zero attached hydrogens (tertiary/aromatic N) is 3. The molecule has 3 aromatic rings. The minimum Gasteiger partial charge on any atom is -0.355 e. The fraction of sp³-hybridized carbons (Fsp3) is 0.0833. The van der Waals surface area contributed by atoms with Crippen LogP contribution < -0.4 is 5.56 Å². The van der Waals surface area contributed by atoms with Gasteiger partial charge in [-0.25, -0.2) is 4.68 Å². The molecular weight excluding hydrogens is 218 g/mol. The van der Waals surface area contributed by atoms with Crippen LogP contribution in [0, 0.1) is 0 Å². The van der Waals surface area contributed by atoms with E-state index in [4.69, 9.17) is 4.52 Å². The van der Waals surface area contributed by atoms with Gasteiger partial charge in [-0.2, -0.15) is 5.10 Å². The van der Waals surface area contributed by atoms with Crippen LogP contribution in [0.15, 0.2) is 45.8 Å². The molecule has 2 heterocycles. The van der Waals surface area contributed by atoms with Gasteiger partial charge in [0.15, 0.2) is 11.3 Å². The molecule has 1 aromatic carbocycles. The second-order valence-corrected chi connectivity index (χ2v) is 3.71. The van der Waals surface area contributed by atoms with E-state index in [1.807, 2.05) is 30.3 Å². The van der Waals surface area contributed by atoms with Crippen molar-refractivity contribution in [3.63, 3.8) is 0 Å². The zero-order chi connectivity index (χ0) is 11.8. The van der Waals surface area contributed by atoms with Crippen LogP contribution in [0.5, 0.6) is 0 Å². The normalized spacial score (nSPS) is 10.9. The Balaban J connectivity index is 2.34. The van der Waals surface area contributed by atoms with Crippen LogP contribution >= 0.6 is 0 Å². The minimum atomic E-state index is -0.256. The lowest BCUT2D eigenvalue weighted by Gasteiger charge is -1.96. The first-order valence-electron chi connectivity index (χ1n) is 5.14. The van der Waals surface area contributed by atoms with Crippen molar-refractivity contribution in [3.8, 4) is 11.3 Å². The zero-order valence-corrected chi connectivity index (χ0v) is 9.12. The summed E-state index contributed by atoms with van der Waals surface area (Å²) in [5, 5.41) is 8.41. The van der Waals surface area contributed by atoms with E-state index in [0.717, 1.165) is 5.56 Å². The number of hydrogen-bond acceptors (Lipinski definition) is 4. The molecule has 0 N–H and O–H groups in total. The lowest BCUT2D eigenvalue weighted by molar-refractivity contribution is 0.440. The van der Waals surface area contributed by atoms with E-state index in [1.165, 1.54) is 4.68 Å². The van der Waals surface area contributed by atoms with E-state index in [-0.39, 0.29) is 5.56 Å². The molecule has 0 saturated carbocycles. The first-order chi connectivity index (χ1) is 8.27. The average molecular weight is 227 g/mol. The van der Waals surface area contributed by atoms with Gasteiger partial charge in [0.1, 0.15) is 0 Å². The Hall–Kier alpha value is -2.43. The monoisotopic (exact) mass is 227 g/mol. The van der Waals surface area contributed by atoms with Crippen molar-refractivity contribution in [2.24, 2.45) is 7.05 Å². The summed E-state index contributed by atoms with van der Waals surface area (Å²) in [5.41, 5.74) is 0.930. The molecule has 5 nitrogen and oxygen atoms in total. The molecule has 17 heavy (non-hydrogen) atoms. The summed E-state index contributed by atoms with van der Waals surface area (Å²) >= 11 is 0. The molecule has 0 atom stereocenters. The molecule has 0 radical (unpaired) electrons. The summed E-state index contributed by atoms with van der Waals surface area (Å²) in [6.45, 7) is 0. The van der Waals surface area contributed by atoms with E-state index in [1.54, 1.807) is 13.2 Å². The molecule has 0 aliphatic carbocycles. The van der Waals surface area contributed by atoms with Gasteiger partial charge in [-0.05, 0) is 0 Å². The van der Waals surface area contributed by atoms with Crippen LogP contribution in [0.1, 0.15) is 0 Å². The SMILES string of the molecule is Cn1ncc2c(-c3ccccc3)onc2c1=O. The number of aryl methyl sites for hydroxylation is 1.